The summed E-state index contributed by atoms with van der Waals surface area (Å²) in [5.74, 6) is -0.0539. The highest BCUT2D eigenvalue weighted by Crippen LogP contribution is 2.26. The Kier molecular flexibility index (Phi) is 5.17. The Morgan fingerprint density at radius 3 is 2.86 bits per heavy atom. The molecule has 22 heavy (non-hydrogen) atoms. The number of nitrogens with zero attached hydrogens (tertiary/aromatic N) is 3. The highest BCUT2D eigenvalue weighted by Gasteiger charge is 2.35. The van der Waals surface area contributed by atoms with E-state index in [4.69, 9.17) is 5.26 Å². The van der Waals surface area contributed by atoms with Gasteiger partial charge >= 0.3 is 0 Å². The number of benzene rings is 1. The average Bonchev–Trinajstić information content (AvgIpc) is 2.47. The van der Waals surface area contributed by atoms with Crippen molar-refractivity contribution >= 4 is 5.91 Å². The van der Waals surface area contributed by atoms with Gasteiger partial charge in [0.25, 0.3) is 0 Å². The number of hydrogen-bond donors (Lipinski definition) is 1. The minimum Gasteiger partial charge on any atom is -0.388 e. The van der Waals surface area contributed by atoms with Gasteiger partial charge in [-0.15, -0.1) is 0 Å². The van der Waals surface area contributed by atoms with Crippen molar-refractivity contribution in [1.82, 2.24) is 9.80 Å². The van der Waals surface area contributed by atoms with Crippen molar-refractivity contribution in [3.8, 4) is 6.07 Å². The van der Waals surface area contributed by atoms with Crippen LogP contribution < -0.4 is 0 Å². The first-order chi connectivity index (χ1) is 10.4. The summed E-state index contributed by atoms with van der Waals surface area (Å²) >= 11 is 0. The Balaban J connectivity index is 2.04. The fraction of sp³-hybridized carbons (Fsp3) is 0.529. The smallest absolute Gasteiger partial charge is 0.224 e. The van der Waals surface area contributed by atoms with Gasteiger partial charge in [0.1, 0.15) is 0 Å². The predicted molar refractivity (Wildman–Crippen MR) is 83.9 cm³/mol. The van der Waals surface area contributed by atoms with Crippen molar-refractivity contribution in [2.24, 2.45) is 0 Å². The van der Waals surface area contributed by atoms with Gasteiger partial charge in [-0.3, -0.25) is 9.69 Å². The number of hydrogen-bond acceptors (Lipinski definition) is 4. The Morgan fingerprint density at radius 2 is 2.18 bits per heavy atom. The number of rotatable bonds is 4. The van der Waals surface area contributed by atoms with Crippen LogP contribution in [0.1, 0.15) is 30.4 Å². The van der Waals surface area contributed by atoms with Crippen LogP contribution in [0.5, 0.6) is 0 Å². The molecule has 0 spiro atoms. The van der Waals surface area contributed by atoms with Gasteiger partial charge in [-0.05, 0) is 31.0 Å². The molecule has 118 valence electrons. The van der Waals surface area contributed by atoms with E-state index < -0.39 is 5.60 Å². The molecule has 5 heteroatoms. The topological polar surface area (TPSA) is 67.6 Å². The second-order valence-electron chi connectivity index (χ2n) is 6.27. The van der Waals surface area contributed by atoms with Gasteiger partial charge in [0.2, 0.25) is 5.91 Å². The molecule has 1 aliphatic heterocycles. The molecule has 0 aromatic heterocycles. The van der Waals surface area contributed by atoms with E-state index in [9.17, 15) is 9.90 Å². The normalized spacial score (nSPS) is 22.1. The number of β-amino-alcohol motifs (C(OH)–C–C–N with tert-alkyl or cyclic N) is 1. The van der Waals surface area contributed by atoms with Crippen LogP contribution >= 0.6 is 0 Å². The molecule has 0 aliphatic carbocycles. The summed E-state index contributed by atoms with van der Waals surface area (Å²) < 4.78 is 0. The molecule has 1 aromatic rings. The third-order valence-electron chi connectivity index (χ3n) is 4.15. The van der Waals surface area contributed by atoms with Gasteiger partial charge in [-0.1, -0.05) is 18.2 Å². The minimum absolute atomic E-state index is 0.0539. The third-order valence-corrected chi connectivity index (χ3v) is 4.15. The highest BCUT2D eigenvalue weighted by molar-refractivity contribution is 5.76. The van der Waals surface area contributed by atoms with Gasteiger partial charge in [-0.25, -0.2) is 0 Å². The first kappa shape index (κ1) is 16.5. The third kappa shape index (κ3) is 4.06. The van der Waals surface area contributed by atoms with Crippen molar-refractivity contribution < 1.29 is 9.90 Å². The van der Waals surface area contributed by atoms with Gasteiger partial charge < -0.3 is 10.0 Å². The van der Waals surface area contributed by atoms with E-state index in [1.807, 2.05) is 18.2 Å². The summed E-state index contributed by atoms with van der Waals surface area (Å²) in [5, 5.41) is 19.9. The summed E-state index contributed by atoms with van der Waals surface area (Å²) in [4.78, 5) is 15.5. The van der Waals surface area contributed by atoms with Crippen LogP contribution in [0.2, 0.25) is 0 Å². The molecule has 1 saturated heterocycles. The zero-order valence-corrected chi connectivity index (χ0v) is 13.2. The average molecular weight is 301 g/mol. The maximum Gasteiger partial charge on any atom is 0.224 e. The van der Waals surface area contributed by atoms with E-state index in [0.717, 1.165) is 18.5 Å². The first-order valence-corrected chi connectivity index (χ1v) is 7.56. The van der Waals surface area contributed by atoms with Gasteiger partial charge in [0.15, 0.2) is 0 Å². The number of aliphatic hydroxyl groups is 1. The molecular weight excluding hydrogens is 278 g/mol. The summed E-state index contributed by atoms with van der Waals surface area (Å²) in [6.07, 6.45) is 1.64. The fourth-order valence-electron chi connectivity index (χ4n) is 2.93. The largest absolute Gasteiger partial charge is 0.388 e. The Bertz CT molecular complexity index is 580. The Morgan fingerprint density at radius 1 is 1.45 bits per heavy atom. The van der Waals surface area contributed by atoms with Crippen LogP contribution in [0, 0.1) is 11.3 Å². The van der Waals surface area contributed by atoms with Crippen molar-refractivity contribution in [3.63, 3.8) is 0 Å². The summed E-state index contributed by atoms with van der Waals surface area (Å²) in [6, 6.07) is 9.72. The van der Waals surface area contributed by atoms with Crippen molar-refractivity contribution in [1.29, 1.82) is 5.26 Å². The molecule has 5 nitrogen and oxygen atoms in total. The Hall–Kier alpha value is -1.90. The van der Waals surface area contributed by atoms with Crippen LogP contribution in [0.4, 0.5) is 0 Å². The predicted octanol–water partition coefficient (Wildman–Crippen LogP) is 1.36. The van der Waals surface area contributed by atoms with Crippen LogP contribution in [0.3, 0.4) is 0 Å². The van der Waals surface area contributed by atoms with E-state index in [1.54, 1.807) is 20.2 Å². The fourth-order valence-corrected chi connectivity index (χ4v) is 2.93. The molecule has 1 atom stereocenters. The van der Waals surface area contributed by atoms with Crippen molar-refractivity contribution in [2.75, 3.05) is 27.2 Å². The first-order valence-electron chi connectivity index (χ1n) is 7.56. The summed E-state index contributed by atoms with van der Waals surface area (Å²) in [5.41, 5.74) is 0.662. The molecule has 1 N–H and O–H groups in total. The van der Waals surface area contributed by atoms with Crippen LogP contribution in [-0.2, 0) is 11.3 Å². The number of carbonyl (C=O) groups is 1. The number of amides is 1. The van der Waals surface area contributed by atoms with Gasteiger partial charge in [0, 0.05) is 27.2 Å². The molecule has 1 heterocycles. The standard InChI is InChI=1S/C17H23N3O2/c1-19(2)16(21)10-17(22)8-5-9-20(13-17)12-15-7-4-3-6-14(15)11-18/h3-4,6-7,22H,5,8-10,12-13H2,1-2H3. The molecule has 0 saturated carbocycles. The van der Waals surface area contributed by atoms with Gasteiger partial charge in [0.05, 0.1) is 23.7 Å². The number of piperidine rings is 1. The van der Waals surface area contributed by atoms with Gasteiger partial charge in [-0.2, -0.15) is 5.26 Å². The van der Waals surface area contributed by atoms with E-state index in [2.05, 4.69) is 11.0 Å². The summed E-state index contributed by atoms with van der Waals surface area (Å²) in [7, 11) is 3.41. The number of carbonyl (C=O) groups excluding carboxylic acids is 1. The molecule has 1 unspecified atom stereocenters. The van der Waals surface area contributed by atoms with E-state index >= 15 is 0 Å². The molecule has 0 radical (unpaired) electrons. The summed E-state index contributed by atoms with van der Waals surface area (Å²) in [6.45, 7) is 1.97. The number of nitriles is 1. The zero-order valence-electron chi connectivity index (χ0n) is 13.2. The van der Waals surface area contributed by atoms with Crippen LogP contribution in [0.15, 0.2) is 24.3 Å². The highest BCUT2D eigenvalue weighted by atomic mass is 16.3. The lowest BCUT2D eigenvalue weighted by atomic mass is 9.88. The van der Waals surface area contributed by atoms with Crippen molar-refractivity contribution in [3.05, 3.63) is 35.4 Å². The molecule has 0 bridgehead atoms. The monoisotopic (exact) mass is 301 g/mol. The molecule has 1 aliphatic rings. The maximum absolute atomic E-state index is 11.9. The molecular formula is C17H23N3O2. The quantitative estimate of drug-likeness (QED) is 0.912. The van der Waals surface area contributed by atoms with Crippen LogP contribution in [0.25, 0.3) is 0 Å². The number of likely N-dealkylation sites (tertiary alicyclic amines) is 1. The maximum atomic E-state index is 11.9. The van der Waals surface area contributed by atoms with Crippen molar-refractivity contribution in [2.45, 2.75) is 31.4 Å². The lowest BCUT2D eigenvalue weighted by molar-refractivity contribution is -0.136. The minimum atomic E-state index is -0.971. The molecule has 1 amide bonds. The lowest BCUT2D eigenvalue weighted by Gasteiger charge is -2.39. The Labute approximate surface area is 131 Å². The second kappa shape index (κ2) is 6.91. The molecule has 2 rings (SSSR count). The molecule has 1 fully saturated rings. The van der Waals surface area contributed by atoms with Crippen LogP contribution in [-0.4, -0.2) is 53.6 Å². The zero-order chi connectivity index (χ0) is 16.2. The second-order valence-corrected chi connectivity index (χ2v) is 6.27. The van der Waals surface area contributed by atoms with E-state index in [0.29, 0.717) is 25.1 Å². The lowest BCUT2D eigenvalue weighted by Crippen LogP contribution is -2.50. The van der Waals surface area contributed by atoms with E-state index in [1.165, 1.54) is 4.90 Å². The molecule has 1 aromatic carbocycles. The van der Waals surface area contributed by atoms with E-state index in [-0.39, 0.29) is 12.3 Å². The SMILES string of the molecule is CN(C)C(=O)CC1(O)CCCN(Cc2ccccc2C#N)C1.